The summed E-state index contributed by atoms with van der Waals surface area (Å²) in [5, 5.41) is 0. The molecule has 1 aromatic carbocycles. The molecule has 1 rings (SSSR count). The maximum Gasteiger partial charge on any atom is 0.119 e. The first kappa shape index (κ1) is 24.4. The molecule has 1 nitrogen and oxygen atoms in total. The average molecular weight is 393 g/mol. The number of unbranched alkanes of at least 4 members (excludes halogenated alkanes) is 16. The summed E-state index contributed by atoms with van der Waals surface area (Å²) in [7, 11) is 0. The van der Waals surface area contributed by atoms with Crippen LogP contribution < -0.4 is 4.74 Å². The van der Waals surface area contributed by atoms with Crippen LogP contribution in [0.25, 0.3) is 0 Å². The molecule has 0 radical (unpaired) electrons. The normalized spacial score (nSPS) is 11.0. The summed E-state index contributed by atoms with van der Waals surface area (Å²) >= 11 is 4.26. The van der Waals surface area contributed by atoms with Crippen molar-refractivity contribution in [1.82, 2.24) is 0 Å². The fourth-order valence-electron chi connectivity index (χ4n) is 3.57. The van der Waals surface area contributed by atoms with E-state index in [0.29, 0.717) is 0 Å². The predicted octanol–water partition coefficient (Wildman–Crippen LogP) is 8.63. The zero-order chi connectivity index (χ0) is 19.3. The lowest BCUT2D eigenvalue weighted by Gasteiger charge is -2.06. The van der Waals surface area contributed by atoms with E-state index in [2.05, 4.69) is 12.6 Å². The highest BCUT2D eigenvalue weighted by atomic mass is 32.1. The number of rotatable bonds is 20. The van der Waals surface area contributed by atoms with Gasteiger partial charge in [0.1, 0.15) is 5.75 Å². The lowest BCUT2D eigenvalue weighted by molar-refractivity contribution is 0.304. The van der Waals surface area contributed by atoms with Crippen LogP contribution in [0.2, 0.25) is 0 Å². The van der Waals surface area contributed by atoms with Gasteiger partial charge in [0.2, 0.25) is 0 Å². The molecule has 0 aliphatic carbocycles. The van der Waals surface area contributed by atoms with Crippen molar-refractivity contribution in [3.8, 4) is 5.75 Å². The van der Waals surface area contributed by atoms with Crippen LogP contribution in [0, 0.1) is 0 Å². The third-order valence-electron chi connectivity index (χ3n) is 5.31. The van der Waals surface area contributed by atoms with Crippen LogP contribution in [0.15, 0.2) is 30.3 Å². The maximum atomic E-state index is 5.73. The van der Waals surface area contributed by atoms with Crippen molar-refractivity contribution in [2.24, 2.45) is 0 Å². The van der Waals surface area contributed by atoms with Gasteiger partial charge in [0, 0.05) is 0 Å². The molecule has 0 atom stereocenters. The zero-order valence-electron chi connectivity index (χ0n) is 17.7. The fourth-order valence-corrected chi connectivity index (χ4v) is 3.80. The molecule has 0 fully saturated rings. The Morgan fingerprint density at radius 1 is 0.481 bits per heavy atom. The van der Waals surface area contributed by atoms with Crippen LogP contribution in [0.4, 0.5) is 0 Å². The van der Waals surface area contributed by atoms with E-state index in [-0.39, 0.29) is 0 Å². The first-order valence-electron chi connectivity index (χ1n) is 11.7. The molecule has 0 aliphatic heterocycles. The highest BCUT2D eigenvalue weighted by Gasteiger charge is 1.96. The van der Waals surface area contributed by atoms with Crippen molar-refractivity contribution < 1.29 is 4.74 Å². The van der Waals surface area contributed by atoms with Gasteiger partial charge < -0.3 is 4.74 Å². The van der Waals surface area contributed by atoms with E-state index in [4.69, 9.17) is 4.74 Å². The highest BCUT2D eigenvalue weighted by Crippen LogP contribution is 2.14. The predicted molar refractivity (Wildman–Crippen MR) is 124 cm³/mol. The third kappa shape index (κ3) is 17.2. The monoisotopic (exact) mass is 392 g/mol. The molecule has 0 heterocycles. The van der Waals surface area contributed by atoms with E-state index < -0.39 is 0 Å². The standard InChI is InChI=1S/C25H44OS/c27-24-20-15-13-11-9-7-5-3-1-2-4-6-8-10-12-14-19-23-26-25-21-17-16-18-22-25/h16-18,21-22,27H,1-15,19-20,23-24H2. The summed E-state index contributed by atoms with van der Waals surface area (Å²) in [5.74, 6) is 2.06. The molecule has 0 amide bonds. The minimum Gasteiger partial charge on any atom is -0.494 e. The van der Waals surface area contributed by atoms with E-state index in [9.17, 15) is 0 Å². The van der Waals surface area contributed by atoms with E-state index >= 15 is 0 Å². The molecule has 0 spiro atoms. The lowest BCUT2D eigenvalue weighted by atomic mass is 10.0. The van der Waals surface area contributed by atoms with E-state index in [1.807, 2.05) is 30.3 Å². The van der Waals surface area contributed by atoms with E-state index in [1.54, 1.807) is 0 Å². The van der Waals surface area contributed by atoms with Crippen LogP contribution >= 0.6 is 12.6 Å². The zero-order valence-corrected chi connectivity index (χ0v) is 18.6. The van der Waals surface area contributed by atoms with Crippen molar-refractivity contribution >= 4 is 12.6 Å². The Labute approximate surface area is 175 Å². The van der Waals surface area contributed by atoms with Crippen LogP contribution in [-0.2, 0) is 0 Å². The fraction of sp³-hybridized carbons (Fsp3) is 0.760. The Morgan fingerprint density at radius 3 is 1.26 bits per heavy atom. The quantitative estimate of drug-likeness (QED) is 0.172. The molecule has 156 valence electrons. The first-order chi connectivity index (χ1) is 13.4. The minimum atomic E-state index is 0.861. The smallest absolute Gasteiger partial charge is 0.119 e. The van der Waals surface area contributed by atoms with Crippen LogP contribution in [0.5, 0.6) is 5.75 Å². The van der Waals surface area contributed by atoms with Crippen LogP contribution in [-0.4, -0.2) is 12.4 Å². The van der Waals surface area contributed by atoms with Gasteiger partial charge in [-0.1, -0.05) is 115 Å². The van der Waals surface area contributed by atoms with Crippen molar-refractivity contribution in [2.75, 3.05) is 12.4 Å². The van der Waals surface area contributed by atoms with Gasteiger partial charge in [-0.15, -0.1) is 0 Å². The molecule has 0 aliphatic rings. The molecule has 0 saturated carbocycles. The molecule has 0 unspecified atom stereocenters. The number of ether oxygens (including phenoxy) is 1. The number of thiol groups is 1. The Hall–Kier alpha value is -0.630. The molecule has 0 saturated heterocycles. The summed E-state index contributed by atoms with van der Waals surface area (Å²) in [6.07, 6.45) is 23.8. The summed E-state index contributed by atoms with van der Waals surface area (Å²) in [6, 6.07) is 10.2. The van der Waals surface area contributed by atoms with Gasteiger partial charge in [0.05, 0.1) is 6.61 Å². The van der Waals surface area contributed by atoms with Gasteiger partial charge in [0.25, 0.3) is 0 Å². The summed E-state index contributed by atoms with van der Waals surface area (Å²) in [4.78, 5) is 0. The topological polar surface area (TPSA) is 9.23 Å². The summed E-state index contributed by atoms with van der Waals surface area (Å²) < 4.78 is 5.73. The molecule has 27 heavy (non-hydrogen) atoms. The number of benzene rings is 1. The second-order valence-electron chi connectivity index (χ2n) is 7.90. The van der Waals surface area contributed by atoms with E-state index in [0.717, 1.165) is 18.1 Å². The number of para-hydroxylation sites is 1. The Balaban J connectivity index is 1.67. The summed E-state index contributed by atoms with van der Waals surface area (Å²) in [5.41, 5.74) is 0. The SMILES string of the molecule is SCCCCCCCCCCCCCCCCCCCOc1ccccc1. The number of hydrogen-bond donors (Lipinski definition) is 1. The molecular weight excluding hydrogens is 348 g/mol. The van der Waals surface area contributed by atoms with Gasteiger partial charge in [-0.3, -0.25) is 0 Å². The van der Waals surface area contributed by atoms with Gasteiger partial charge in [-0.25, -0.2) is 0 Å². The maximum absolute atomic E-state index is 5.73. The van der Waals surface area contributed by atoms with Gasteiger partial charge in [0.15, 0.2) is 0 Å². The van der Waals surface area contributed by atoms with Crippen molar-refractivity contribution in [1.29, 1.82) is 0 Å². The Bertz CT molecular complexity index is 393. The molecule has 1 aromatic rings. The average Bonchev–Trinajstić information content (AvgIpc) is 2.70. The Kier molecular flexibility index (Phi) is 18.2. The second-order valence-corrected chi connectivity index (χ2v) is 8.34. The molecule has 0 aromatic heterocycles. The van der Waals surface area contributed by atoms with Crippen LogP contribution in [0.3, 0.4) is 0 Å². The molecular formula is C25H44OS. The highest BCUT2D eigenvalue weighted by molar-refractivity contribution is 7.80. The van der Waals surface area contributed by atoms with Crippen molar-refractivity contribution in [2.45, 2.75) is 109 Å². The van der Waals surface area contributed by atoms with Crippen LogP contribution in [0.1, 0.15) is 109 Å². The van der Waals surface area contributed by atoms with Gasteiger partial charge in [-0.05, 0) is 30.7 Å². The lowest BCUT2D eigenvalue weighted by Crippen LogP contribution is -1.96. The summed E-state index contributed by atoms with van der Waals surface area (Å²) in [6.45, 7) is 0.861. The first-order valence-corrected chi connectivity index (χ1v) is 12.4. The second kappa shape index (κ2) is 20.1. The minimum absolute atomic E-state index is 0.861. The molecule has 0 N–H and O–H groups in total. The van der Waals surface area contributed by atoms with Gasteiger partial charge >= 0.3 is 0 Å². The van der Waals surface area contributed by atoms with Crippen molar-refractivity contribution in [3.63, 3.8) is 0 Å². The largest absolute Gasteiger partial charge is 0.494 e. The third-order valence-corrected chi connectivity index (χ3v) is 5.63. The van der Waals surface area contributed by atoms with E-state index in [1.165, 1.54) is 109 Å². The van der Waals surface area contributed by atoms with Crippen molar-refractivity contribution in [3.05, 3.63) is 30.3 Å². The number of hydrogen-bond acceptors (Lipinski definition) is 2. The van der Waals surface area contributed by atoms with Gasteiger partial charge in [-0.2, -0.15) is 12.6 Å². The molecule has 0 bridgehead atoms. The Morgan fingerprint density at radius 2 is 0.852 bits per heavy atom. The molecule has 2 heteroatoms.